The number of aromatic nitrogens is 4. The number of aliphatic hydroxyl groups is 1. The van der Waals surface area contributed by atoms with Gasteiger partial charge in [0, 0.05) is 19.3 Å². The summed E-state index contributed by atoms with van der Waals surface area (Å²) in [6, 6.07) is 0.315. The number of hydrogen-bond donors (Lipinski definition) is 1. The van der Waals surface area contributed by atoms with E-state index in [0.717, 1.165) is 17.7 Å². The molecule has 0 aliphatic rings. The normalized spacial score (nSPS) is 13.2. The van der Waals surface area contributed by atoms with Crippen molar-refractivity contribution in [2.45, 2.75) is 38.8 Å². The highest BCUT2D eigenvalue weighted by molar-refractivity contribution is 5.08. The molecule has 98 valence electrons. The fraction of sp³-hybridized carbons (Fsp3) is 0.538. The highest BCUT2D eigenvalue weighted by atomic mass is 16.3. The molecule has 0 aliphatic heterocycles. The van der Waals surface area contributed by atoms with Crippen LogP contribution in [-0.4, -0.2) is 24.4 Å². The van der Waals surface area contributed by atoms with E-state index >= 15 is 0 Å². The molecule has 0 fully saturated rings. The van der Waals surface area contributed by atoms with E-state index in [0.29, 0.717) is 12.5 Å². The summed E-state index contributed by atoms with van der Waals surface area (Å²) < 4.78 is 3.79. The van der Waals surface area contributed by atoms with Crippen LogP contribution in [-0.2, 0) is 13.5 Å². The topological polar surface area (TPSA) is 55.9 Å². The van der Waals surface area contributed by atoms with Crippen molar-refractivity contribution in [3.8, 4) is 0 Å². The predicted molar refractivity (Wildman–Crippen MR) is 69.1 cm³/mol. The molecule has 18 heavy (non-hydrogen) atoms. The summed E-state index contributed by atoms with van der Waals surface area (Å²) in [4.78, 5) is 4.11. The highest BCUT2D eigenvalue weighted by Gasteiger charge is 2.14. The van der Waals surface area contributed by atoms with Gasteiger partial charge in [-0.15, -0.1) is 0 Å². The zero-order valence-corrected chi connectivity index (χ0v) is 11.1. The maximum atomic E-state index is 10.2. The van der Waals surface area contributed by atoms with Crippen LogP contribution in [0.25, 0.3) is 0 Å². The van der Waals surface area contributed by atoms with E-state index < -0.39 is 6.10 Å². The van der Waals surface area contributed by atoms with Gasteiger partial charge in [0.25, 0.3) is 0 Å². The van der Waals surface area contributed by atoms with Crippen LogP contribution < -0.4 is 0 Å². The van der Waals surface area contributed by atoms with Crippen molar-refractivity contribution in [3.05, 3.63) is 36.2 Å². The van der Waals surface area contributed by atoms with E-state index in [1.54, 1.807) is 17.2 Å². The molecule has 2 rings (SSSR count). The molecule has 2 aromatic rings. The summed E-state index contributed by atoms with van der Waals surface area (Å²) >= 11 is 0. The summed E-state index contributed by atoms with van der Waals surface area (Å²) in [6.45, 7) is 4.16. The van der Waals surface area contributed by atoms with E-state index in [4.69, 9.17) is 0 Å². The maximum absolute atomic E-state index is 10.2. The zero-order valence-electron chi connectivity index (χ0n) is 11.1. The van der Waals surface area contributed by atoms with Crippen molar-refractivity contribution < 1.29 is 5.11 Å². The Labute approximate surface area is 107 Å². The fourth-order valence-electron chi connectivity index (χ4n) is 2.06. The zero-order chi connectivity index (χ0) is 13.1. The summed E-state index contributed by atoms with van der Waals surface area (Å²) in [5, 5.41) is 14.3. The van der Waals surface area contributed by atoms with Gasteiger partial charge in [-0.05, 0) is 32.3 Å². The van der Waals surface area contributed by atoms with Crippen molar-refractivity contribution >= 4 is 0 Å². The first kappa shape index (κ1) is 12.8. The Hall–Kier alpha value is -1.62. The third-order valence-electron chi connectivity index (χ3n) is 3.06. The predicted octanol–water partition coefficient (Wildman–Crippen LogP) is 1.86. The lowest BCUT2D eigenvalue weighted by Crippen LogP contribution is -2.09. The summed E-state index contributed by atoms with van der Waals surface area (Å²) in [5.41, 5.74) is 2.03. The molecule has 0 amide bonds. The van der Waals surface area contributed by atoms with Gasteiger partial charge in [0.1, 0.15) is 0 Å². The van der Waals surface area contributed by atoms with Gasteiger partial charge >= 0.3 is 0 Å². The van der Waals surface area contributed by atoms with Crippen molar-refractivity contribution in [1.82, 2.24) is 19.3 Å². The van der Waals surface area contributed by atoms with Crippen LogP contribution in [0.15, 0.2) is 24.9 Å². The minimum atomic E-state index is -0.477. The first-order valence-corrected chi connectivity index (χ1v) is 6.25. The van der Waals surface area contributed by atoms with Gasteiger partial charge < -0.3 is 9.67 Å². The Morgan fingerprint density at radius 3 is 2.72 bits per heavy atom. The number of rotatable bonds is 5. The number of imidazole rings is 1. The van der Waals surface area contributed by atoms with Crippen LogP contribution in [0.5, 0.6) is 0 Å². The second kappa shape index (κ2) is 5.35. The van der Waals surface area contributed by atoms with E-state index in [1.165, 1.54) is 0 Å². The molecule has 0 bridgehead atoms. The Balaban J connectivity index is 1.99. The molecule has 0 saturated heterocycles. The maximum Gasteiger partial charge on any atom is 0.0959 e. The molecule has 5 heteroatoms. The van der Waals surface area contributed by atoms with E-state index in [9.17, 15) is 5.11 Å². The van der Waals surface area contributed by atoms with Crippen molar-refractivity contribution in [1.29, 1.82) is 0 Å². The molecule has 1 N–H and O–H groups in total. The molecule has 1 atom stereocenters. The molecule has 0 aromatic carbocycles. The molecule has 0 saturated carbocycles. The average molecular weight is 248 g/mol. The van der Waals surface area contributed by atoms with Crippen LogP contribution in [0.1, 0.15) is 43.7 Å². The van der Waals surface area contributed by atoms with Gasteiger partial charge in [-0.2, -0.15) is 5.10 Å². The second-order valence-corrected chi connectivity index (χ2v) is 4.90. The van der Waals surface area contributed by atoms with Crippen molar-refractivity contribution in [2.24, 2.45) is 7.05 Å². The Bertz CT molecular complexity index is 501. The molecule has 1 unspecified atom stereocenters. The van der Waals surface area contributed by atoms with E-state index in [1.807, 2.05) is 24.0 Å². The van der Waals surface area contributed by atoms with Crippen LogP contribution in [0, 0.1) is 0 Å². The second-order valence-electron chi connectivity index (χ2n) is 4.90. The van der Waals surface area contributed by atoms with Gasteiger partial charge in [-0.25, -0.2) is 4.98 Å². The third kappa shape index (κ3) is 2.79. The molecule has 2 heterocycles. The van der Waals surface area contributed by atoms with Gasteiger partial charge in [-0.1, -0.05) is 0 Å². The monoisotopic (exact) mass is 248 g/mol. The largest absolute Gasteiger partial charge is 0.387 e. The third-order valence-corrected chi connectivity index (χ3v) is 3.06. The molecular formula is C13H20N4O. The minimum Gasteiger partial charge on any atom is -0.387 e. The molecule has 0 aliphatic carbocycles. The minimum absolute atomic E-state index is 0.315. The van der Waals surface area contributed by atoms with Gasteiger partial charge in [0.05, 0.1) is 30.5 Å². The first-order valence-electron chi connectivity index (χ1n) is 6.25. The molecule has 0 spiro atoms. The van der Waals surface area contributed by atoms with Crippen molar-refractivity contribution in [3.63, 3.8) is 0 Å². The average Bonchev–Trinajstić information content (AvgIpc) is 2.94. The van der Waals surface area contributed by atoms with Crippen LogP contribution in [0.2, 0.25) is 0 Å². The lowest BCUT2D eigenvalue weighted by Gasteiger charge is -2.16. The molecule has 5 nitrogen and oxygen atoms in total. The first-order chi connectivity index (χ1) is 8.58. The van der Waals surface area contributed by atoms with E-state index in [-0.39, 0.29) is 0 Å². The Kier molecular flexibility index (Phi) is 3.81. The van der Waals surface area contributed by atoms with E-state index in [2.05, 4.69) is 23.9 Å². The highest BCUT2D eigenvalue weighted by Crippen LogP contribution is 2.21. The van der Waals surface area contributed by atoms with Gasteiger partial charge in [-0.3, -0.25) is 4.68 Å². The summed E-state index contributed by atoms with van der Waals surface area (Å²) in [6.07, 6.45) is 8.36. The standard InChI is InChI=1S/C13H20N4O/c1-10(2)17-9-14-7-12(17)13(18)5-4-11-6-15-16(3)8-11/h6-10,13,18H,4-5H2,1-3H3. The smallest absolute Gasteiger partial charge is 0.0959 e. The SMILES string of the molecule is CC(C)n1cncc1C(O)CCc1cnn(C)c1. The lowest BCUT2D eigenvalue weighted by atomic mass is 10.1. The fourth-order valence-corrected chi connectivity index (χ4v) is 2.06. The number of hydrogen-bond acceptors (Lipinski definition) is 3. The Morgan fingerprint density at radius 2 is 2.11 bits per heavy atom. The van der Waals surface area contributed by atoms with Crippen LogP contribution in [0.3, 0.4) is 0 Å². The van der Waals surface area contributed by atoms with Crippen LogP contribution >= 0.6 is 0 Å². The van der Waals surface area contributed by atoms with Gasteiger partial charge in [0.2, 0.25) is 0 Å². The number of aliphatic hydroxyl groups excluding tert-OH is 1. The quantitative estimate of drug-likeness (QED) is 0.878. The Morgan fingerprint density at radius 1 is 1.33 bits per heavy atom. The number of aryl methyl sites for hydroxylation is 2. The van der Waals surface area contributed by atoms with Crippen LogP contribution in [0.4, 0.5) is 0 Å². The molecule has 2 aromatic heterocycles. The molecule has 0 radical (unpaired) electrons. The number of nitrogens with zero attached hydrogens (tertiary/aromatic N) is 4. The van der Waals surface area contributed by atoms with Gasteiger partial charge in [0.15, 0.2) is 0 Å². The molecular weight excluding hydrogens is 228 g/mol. The summed E-state index contributed by atoms with van der Waals surface area (Å²) in [5.74, 6) is 0. The lowest BCUT2D eigenvalue weighted by molar-refractivity contribution is 0.157. The van der Waals surface area contributed by atoms with Crippen molar-refractivity contribution in [2.75, 3.05) is 0 Å². The summed E-state index contributed by atoms with van der Waals surface area (Å²) in [7, 11) is 1.90.